The molecule has 0 bridgehead atoms. The van der Waals surface area contributed by atoms with Gasteiger partial charge in [-0.1, -0.05) is 6.07 Å². The van der Waals surface area contributed by atoms with E-state index in [9.17, 15) is 4.39 Å². The summed E-state index contributed by atoms with van der Waals surface area (Å²) >= 11 is 3.12. The number of imidazole rings is 1. The number of hydrogen-bond donors (Lipinski definition) is 1. The quantitative estimate of drug-likeness (QED) is 0.920. The number of aromatic nitrogens is 2. The molecular weight excluding hydrogens is 285 g/mol. The van der Waals surface area contributed by atoms with Crippen LogP contribution >= 0.6 is 15.9 Å². The molecule has 17 heavy (non-hydrogen) atoms. The van der Waals surface area contributed by atoms with Gasteiger partial charge < -0.3 is 10.3 Å². The van der Waals surface area contributed by atoms with Crippen LogP contribution in [0.25, 0.3) is 11.3 Å². The number of benzene rings is 1. The second kappa shape index (κ2) is 4.49. The minimum absolute atomic E-state index is 0.233. The Morgan fingerprint density at radius 3 is 2.65 bits per heavy atom. The Balaban J connectivity index is 2.50. The number of nitrogens with two attached hydrogens (primary N) is 1. The van der Waals surface area contributed by atoms with Gasteiger partial charge in [-0.15, -0.1) is 0 Å². The summed E-state index contributed by atoms with van der Waals surface area (Å²) in [6.45, 7) is 4.04. The van der Waals surface area contributed by atoms with E-state index >= 15 is 0 Å². The zero-order valence-electron chi connectivity index (χ0n) is 9.61. The van der Waals surface area contributed by atoms with E-state index in [2.05, 4.69) is 20.9 Å². The highest BCUT2D eigenvalue weighted by Crippen LogP contribution is 2.28. The molecule has 0 aliphatic heterocycles. The Kier molecular flexibility index (Phi) is 3.19. The van der Waals surface area contributed by atoms with Gasteiger partial charge >= 0.3 is 0 Å². The van der Waals surface area contributed by atoms with Gasteiger partial charge in [-0.3, -0.25) is 0 Å². The highest BCUT2D eigenvalue weighted by molar-refractivity contribution is 9.10. The van der Waals surface area contributed by atoms with E-state index in [4.69, 9.17) is 5.73 Å². The zero-order chi connectivity index (χ0) is 12.6. The molecular formula is C12H13BrFN3. The van der Waals surface area contributed by atoms with Crippen LogP contribution in [0.2, 0.25) is 0 Å². The number of nitrogen functional groups attached to an aromatic ring is 1. The van der Waals surface area contributed by atoms with Crippen molar-refractivity contribution >= 4 is 21.7 Å². The SMILES string of the molecule is CC(C)n1cnc(-c2ccc(Br)c(F)c2)c1N. The first-order valence-corrected chi connectivity index (χ1v) is 6.07. The van der Waals surface area contributed by atoms with E-state index in [0.29, 0.717) is 21.5 Å². The lowest BCUT2D eigenvalue weighted by Crippen LogP contribution is -2.04. The van der Waals surface area contributed by atoms with E-state index in [1.54, 1.807) is 18.5 Å². The third-order valence-corrected chi connectivity index (χ3v) is 3.22. The average Bonchev–Trinajstić information content (AvgIpc) is 2.64. The monoisotopic (exact) mass is 297 g/mol. The molecule has 0 aliphatic carbocycles. The molecule has 3 nitrogen and oxygen atoms in total. The van der Waals surface area contributed by atoms with Crippen LogP contribution in [-0.2, 0) is 0 Å². The van der Waals surface area contributed by atoms with Crippen molar-refractivity contribution in [2.45, 2.75) is 19.9 Å². The molecule has 2 rings (SSSR count). The standard InChI is InChI=1S/C12H13BrFN3/c1-7(2)17-6-16-11(12(17)15)8-3-4-9(13)10(14)5-8/h3-7H,15H2,1-2H3. The lowest BCUT2D eigenvalue weighted by Gasteiger charge is -2.09. The summed E-state index contributed by atoms with van der Waals surface area (Å²) in [5.74, 6) is 0.239. The number of rotatable bonds is 2. The Hall–Kier alpha value is -1.36. The van der Waals surface area contributed by atoms with Crippen LogP contribution in [0.15, 0.2) is 29.0 Å². The predicted molar refractivity (Wildman–Crippen MR) is 70.1 cm³/mol. The van der Waals surface area contributed by atoms with Gasteiger partial charge in [-0.05, 0) is 41.9 Å². The Bertz CT molecular complexity index is 549. The smallest absolute Gasteiger partial charge is 0.138 e. The topological polar surface area (TPSA) is 43.8 Å². The molecule has 1 aromatic heterocycles. The third-order valence-electron chi connectivity index (χ3n) is 2.58. The van der Waals surface area contributed by atoms with Crippen molar-refractivity contribution in [2.24, 2.45) is 0 Å². The fourth-order valence-electron chi connectivity index (χ4n) is 1.65. The van der Waals surface area contributed by atoms with Crippen molar-refractivity contribution < 1.29 is 4.39 Å². The fourth-order valence-corrected chi connectivity index (χ4v) is 1.89. The highest BCUT2D eigenvalue weighted by Gasteiger charge is 2.12. The van der Waals surface area contributed by atoms with Gasteiger partial charge in [0.05, 0.1) is 10.8 Å². The molecule has 0 atom stereocenters. The Morgan fingerprint density at radius 2 is 2.12 bits per heavy atom. The lowest BCUT2D eigenvalue weighted by atomic mass is 10.1. The van der Waals surface area contributed by atoms with E-state index in [-0.39, 0.29) is 11.9 Å². The van der Waals surface area contributed by atoms with E-state index < -0.39 is 0 Å². The normalized spacial score (nSPS) is 11.1. The summed E-state index contributed by atoms with van der Waals surface area (Å²) in [5.41, 5.74) is 7.29. The van der Waals surface area contributed by atoms with E-state index in [1.165, 1.54) is 6.07 Å². The second-order valence-corrected chi connectivity index (χ2v) is 4.96. The number of hydrogen-bond acceptors (Lipinski definition) is 2. The highest BCUT2D eigenvalue weighted by atomic mass is 79.9. The molecule has 2 aromatic rings. The Morgan fingerprint density at radius 1 is 1.41 bits per heavy atom. The average molecular weight is 298 g/mol. The summed E-state index contributed by atoms with van der Waals surface area (Å²) in [5, 5.41) is 0. The van der Waals surface area contributed by atoms with Crippen LogP contribution < -0.4 is 5.73 Å². The van der Waals surface area contributed by atoms with Crippen LogP contribution in [0, 0.1) is 5.82 Å². The van der Waals surface area contributed by atoms with Gasteiger partial charge in [0.25, 0.3) is 0 Å². The lowest BCUT2D eigenvalue weighted by molar-refractivity contribution is 0.607. The largest absolute Gasteiger partial charge is 0.383 e. The molecule has 0 unspecified atom stereocenters. The van der Waals surface area contributed by atoms with Crippen LogP contribution in [0.3, 0.4) is 0 Å². The van der Waals surface area contributed by atoms with Crippen LogP contribution in [0.4, 0.5) is 10.2 Å². The van der Waals surface area contributed by atoms with Gasteiger partial charge in [-0.25, -0.2) is 9.37 Å². The van der Waals surface area contributed by atoms with Gasteiger partial charge in [0.1, 0.15) is 17.3 Å². The fraction of sp³-hybridized carbons (Fsp3) is 0.250. The molecule has 0 spiro atoms. The number of halogens is 2. The third kappa shape index (κ3) is 2.20. The van der Waals surface area contributed by atoms with E-state index in [0.717, 1.165) is 0 Å². The van der Waals surface area contributed by atoms with Crippen molar-refractivity contribution in [1.82, 2.24) is 9.55 Å². The van der Waals surface area contributed by atoms with Crippen molar-refractivity contribution in [3.63, 3.8) is 0 Å². The summed E-state index contributed by atoms with van der Waals surface area (Å²) in [6.07, 6.45) is 1.68. The molecule has 1 heterocycles. The molecule has 0 amide bonds. The molecule has 90 valence electrons. The first kappa shape index (κ1) is 12.1. The summed E-state index contributed by atoms with van der Waals surface area (Å²) in [6, 6.07) is 5.10. The van der Waals surface area contributed by atoms with Crippen LogP contribution in [0.1, 0.15) is 19.9 Å². The van der Waals surface area contributed by atoms with Gasteiger partial charge in [0, 0.05) is 11.6 Å². The van der Waals surface area contributed by atoms with Crippen molar-refractivity contribution in [3.05, 3.63) is 34.8 Å². The molecule has 1 aromatic carbocycles. The van der Waals surface area contributed by atoms with Gasteiger partial charge in [-0.2, -0.15) is 0 Å². The predicted octanol–water partition coefficient (Wildman–Crippen LogP) is 3.61. The first-order chi connectivity index (χ1) is 8.00. The minimum atomic E-state index is -0.319. The molecule has 0 saturated carbocycles. The van der Waals surface area contributed by atoms with Crippen LogP contribution in [0.5, 0.6) is 0 Å². The van der Waals surface area contributed by atoms with Crippen LogP contribution in [-0.4, -0.2) is 9.55 Å². The molecule has 0 fully saturated rings. The maximum Gasteiger partial charge on any atom is 0.138 e. The first-order valence-electron chi connectivity index (χ1n) is 5.28. The maximum atomic E-state index is 13.4. The molecule has 0 radical (unpaired) electrons. The summed E-state index contributed by atoms with van der Waals surface area (Å²) < 4.78 is 15.7. The van der Waals surface area contributed by atoms with Crippen molar-refractivity contribution in [1.29, 1.82) is 0 Å². The summed E-state index contributed by atoms with van der Waals surface area (Å²) in [4.78, 5) is 4.23. The molecule has 2 N–H and O–H groups in total. The number of anilines is 1. The van der Waals surface area contributed by atoms with Crippen molar-refractivity contribution in [3.8, 4) is 11.3 Å². The van der Waals surface area contributed by atoms with E-state index in [1.807, 2.05) is 18.4 Å². The zero-order valence-corrected chi connectivity index (χ0v) is 11.2. The molecule has 0 saturated heterocycles. The maximum absolute atomic E-state index is 13.4. The van der Waals surface area contributed by atoms with Crippen molar-refractivity contribution in [2.75, 3.05) is 5.73 Å². The molecule has 5 heteroatoms. The Labute approximate surface area is 108 Å². The second-order valence-electron chi connectivity index (χ2n) is 4.11. The molecule has 0 aliphatic rings. The van der Waals surface area contributed by atoms with Gasteiger partial charge in [0.15, 0.2) is 0 Å². The van der Waals surface area contributed by atoms with Gasteiger partial charge in [0.2, 0.25) is 0 Å². The minimum Gasteiger partial charge on any atom is -0.383 e. The summed E-state index contributed by atoms with van der Waals surface area (Å²) in [7, 11) is 0. The number of nitrogens with zero attached hydrogens (tertiary/aromatic N) is 2.